The molecule has 1 aliphatic heterocycles. The van der Waals surface area contributed by atoms with Gasteiger partial charge < -0.3 is 4.74 Å². The summed E-state index contributed by atoms with van der Waals surface area (Å²) in [7, 11) is 0. The van der Waals surface area contributed by atoms with Gasteiger partial charge in [0.15, 0.2) is 5.78 Å². The Morgan fingerprint density at radius 1 is 1.24 bits per heavy atom. The van der Waals surface area contributed by atoms with E-state index in [1.165, 1.54) is 12.1 Å². The molecule has 0 fully saturated rings. The van der Waals surface area contributed by atoms with Gasteiger partial charge in [0.05, 0.1) is 10.8 Å². The number of nitrogens with zero attached hydrogens (tertiary/aromatic N) is 3. The van der Waals surface area contributed by atoms with E-state index in [1.807, 2.05) is 26.0 Å². The Morgan fingerprint density at radius 3 is 2.62 bits per heavy atom. The number of nitro groups is 1. The van der Waals surface area contributed by atoms with E-state index in [2.05, 4.69) is 6.07 Å². The summed E-state index contributed by atoms with van der Waals surface area (Å²) in [6.45, 7) is 4.00. The standard InChI is InChI=1S/C22H19N3O4/c1-22(2)11-17(26)20-18(12-22)29-21(24-8-3-4-9-24)16(13-23)19(20)14-6-5-7-15(10-14)25(27)28/h3-10,19H,11-12H2,1-2H3/t19-/m0/s1. The van der Waals surface area contributed by atoms with Gasteiger partial charge in [-0.15, -0.1) is 0 Å². The molecule has 0 spiro atoms. The molecule has 0 amide bonds. The summed E-state index contributed by atoms with van der Waals surface area (Å²) in [5, 5.41) is 21.3. The third-order valence-corrected chi connectivity index (χ3v) is 5.28. The fourth-order valence-electron chi connectivity index (χ4n) is 4.06. The molecule has 2 aliphatic rings. The van der Waals surface area contributed by atoms with Crippen molar-refractivity contribution in [2.24, 2.45) is 5.41 Å². The van der Waals surface area contributed by atoms with Crippen molar-refractivity contribution in [2.75, 3.05) is 0 Å². The summed E-state index contributed by atoms with van der Waals surface area (Å²) < 4.78 is 7.81. The van der Waals surface area contributed by atoms with Gasteiger partial charge in [-0.05, 0) is 23.1 Å². The first-order valence-electron chi connectivity index (χ1n) is 9.27. The van der Waals surface area contributed by atoms with Crippen LogP contribution in [0.4, 0.5) is 5.69 Å². The van der Waals surface area contributed by atoms with E-state index in [0.717, 1.165) is 0 Å². The number of carbonyl (C=O) groups excluding carboxylic acids is 1. The number of hydrogen-bond acceptors (Lipinski definition) is 5. The van der Waals surface area contributed by atoms with Crippen LogP contribution in [0.15, 0.2) is 65.7 Å². The van der Waals surface area contributed by atoms with Crippen LogP contribution in [0, 0.1) is 26.9 Å². The number of non-ortho nitro benzene ring substituents is 1. The highest BCUT2D eigenvalue weighted by atomic mass is 16.6. The van der Waals surface area contributed by atoms with Gasteiger partial charge in [0.1, 0.15) is 17.4 Å². The van der Waals surface area contributed by atoms with Crippen molar-refractivity contribution in [1.29, 1.82) is 5.26 Å². The fraction of sp³-hybridized carbons (Fsp3) is 0.273. The number of allylic oxidation sites excluding steroid dienone is 3. The maximum atomic E-state index is 13.1. The summed E-state index contributed by atoms with van der Waals surface area (Å²) in [5.74, 6) is 0.0698. The lowest BCUT2D eigenvalue weighted by molar-refractivity contribution is -0.384. The van der Waals surface area contributed by atoms with Crippen LogP contribution >= 0.6 is 0 Å². The monoisotopic (exact) mass is 389 g/mol. The number of Topliss-reactive ketones (excluding diaryl/α,β-unsaturated/α-hetero) is 1. The van der Waals surface area contributed by atoms with Gasteiger partial charge >= 0.3 is 0 Å². The first-order valence-corrected chi connectivity index (χ1v) is 9.27. The van der Waals surface area contributed by atoms with Crippen molar-refractivity contribution < 1.29 is 14.5 Å². The predicted molar refractivity (Wildman–Crippen MR) is 105 cm³/mol. The zero-order valence-electron chi connectivity index (χ0n) is 16.1. The number of nitro benzene ring substituents is 1. The van der Waals surface area contributed by atoms with Crippen LogP contribution in [-0.2, 0) is 9.53 Å². The normalized spacial score (nSPS) is 20.7. The number of benzene rings is 1. The number of aromatic nitrogens is 1. The molecule has 0 radical (unpaired) electrons. The molecule has 0 bridgehead atoms. The summed E-state index contributed by atoms with van der Waals surface area (Å²) in [6.07, 6.45) is 4.40. The Morgan fingerprint density at radius 2 is 1.97 bits per heavy atom. The largest absolute Gasteiger partial charge is 0.443 e. The minimum absolute atomic E-state index is 0.0838. The second-order valence-corrected chi connectivity index (χ2v) is 8.09. The van der Waals surface area contributed by atoms with Crippen molar-refractivity contribution in [3.63, 3.8) is 0 Å². The van der Waals surface area contributed by atoms with E-state index in [-0.39, 0.29) is 22.5 Å². The lowest BCUT2D eigenvalue weighted by Gasteiger charge is -2.38. The summed E-state index contributed by atoms with van der Waals surface area (Å²) in [6, 6.07) is 11.9. The van der Waals surface area contributed by atoms with Crippen LogP contribution in [0.2, 0.25) is 0 Å². The van der Waals surface area contributed by atoms with Crippen LogP contribution in [0.1, 0.15) is 38.2 Å². The summed E-state index contributed by atoms with van der Waals surface area (Å²) >= 11 is 0. The molecule has 0 unspecified atom stereocenters. The maximum Gasteiger partial charge on any atom is 0.269 e. The van der Waals surface area contributed by atoms with Crippen molar-refractivity contribution in [2.45, 2.75) is 32.6 Å². The molecule has 7 heteroatoms. The van der Waals surface area contributed by atoms with E-state index >= 15 is 0 Å². The second kappa shape index (κ2) is 6.74. The summed E-state index contributed by atoms with van der Waals surface area (Å²) in [5.41, 5.74) is 0.865. The third-order valence-electron chi connectivity index (χ3n) is 5.28. The molecule has 29 heavy (non-hydrogen) atoms. The fourth-order valence-corrected chi connectivity index (χ4v) is 4.06. The van der Waals surface area contributed by atoms with Crippen molar-refractivity contribution >= 4 is 17.4 Å². The number of carbonyl (C=O) groups is 1. The molecule has 1 aliphatic carbocycles. The van der Waals surface area contributed by atoms with E-state index in [9.17, 15) is 20.2 Å². The predicted octanol–water partition coefficient (Wildman–Crippen LogP) is 4.55. The smallest absolute Gasteiger partial charge is 0.269 e. The lowest BCUT2D eigenvalue weighted by atomic mass is 9.70. The highest BCUT2D eigenvalue weighted by Crippen LogP contribution is 2.49. The minimum Gasteiger partial charge on any atom is -0.443 e. The van der Waals surface area contributed by atoms with Crippen LogP contribution in [0.5, 0.6) is 0 Å². The number of rotatable bonds is 3. The summed E-state index contributed by atoms with van der Waals surface area (Å²) in [4.78, 5) is 23.9. The number of ketones is 1. The molecule has 0 saturated carbocycles. The Kier molecular flexibility index (Phi) is 4.35. The van der Waals surface area contributed by atoms with Crippen LogP contribution in [-0.4, -0.2) is 15.3 Å². The molecule has 1 atom stereocenters. The Bertz CT molecular complexity index is 1120. The van der Waals surface area contributed by atoms with E-state index < -0.39 is 10.8 Å². The molecule has 1 aromatic heterocycles. The van der Waals surface area contributed by atoms with Crippen molar-refractivity contribution in [3.05, 3.63) is 81.4 Å². The van der Waals surface area contributed by atoms with Gasteiger partial charge in [0, 0.05) is 42.9 Å². The second-order valence-electron chi connectivity index (χ2n) is 8.09. The average molecular weight is 389 g/mol. The molecule has 2 heterocycles. The highest BCUT2D eigenvalue weighted by Gasteiger charge is 2.43. The van der Waals surface area contributed by atoms with Gasteiger partial charge in [0.2, 0.25) is 5.88 Å². The van der Waals surface area contributed by atoms with Gasteiger partial charge in [-0.2, -0.15) is 5.26 Å². The van der Waals surface area contributed by atoms with E-state index in [0.29, 0.717) is 35.6 Å². The molecule has 146 valence electrons. The Balaban J connectivity index is 1.96. The molecular formula is C22H19N3O4. The number of nitriles is 1. The zero-order valence-corrected chi connectivity index (χ0v) is 16.1. The van der Waals surface area contributed by atoms with Gasteiger partial charge in [-0.25, -0.2) is 0 Å². The molecule has 4 rings (SSSR count). The lowest BCUT2D eigenvalue weighted by Crippen LogP contribution is -2.32. The zero-order chi connectivity index (χ0) is 20.8. The van der Waals surface area contributed by atoms with E-state index in [1.54, 1.807) is 29.1 Å². The molecule has 2 aromatic rings. The van der Waals surface area contributed by atoms with Crippen LogP contribution in [0.3, 0.4) is 0 Å². The minimum atomic E-state index is -0.704. The topological polar surface area (TPSA) is 98.2 Å². The van der Waals surface area contributed by atoms with Gasteiger partial charge in [-0.1, -0.05) is 26.0 Å². The van der Waals surface area contributed by atoms with Crippen molar-refractivity contribution in [3.8, 4) is 6.07 Å². The molecule has 7 nitrogen and oxygen atoms in total. The van der Waals surface area contributed by atoms with Gasteiger partial charge in [-0.3, -0.25) is 19.5 Å². The van der Waals surface area contributed by atoms with Crippen LogP contribution in [0.25, 0.3) is 5.88 Å². The molecular weight excluding hydrogens is 370 g/mol. The molecule has 0 N–H and O–H groups in total. The number of hydrogen-bond donors (Lipinski definition) is 0. The SMILES string of the molecule is CC1(C)CC(=O)C2=C(C1)OC(n1cccc1)=C(C#N)[C@@H]2c1cccc([N+](=O)[O-])c1. The highest BCUT2D eigenvalue weighted by molar-refractivity contribution is 6.00. The quantitative estimate of drug-likeness (QED) is 0.567. The van der Waals surface area contributed by atoms with Crippen molar-refractivity contribution in [1.82, 2.24) is 4.57 Å². The third kappa shape index (κ3) is 3.23. The first-order chi connectivity index (χ1) is 13.8. The molecule has 1 aromatic carbocycles. The van der Waals surface area contributed by atoms with Crippen LogP contribution < -0.4 is 0 Å². The average Bonchev–Trinajstić information content (AvgIpc) is 3.20. The maximum absolute atomic E-state index is 13.1. The van der Waals surface area contributed by atoms with E-state index in [4.69, 9.17) is 4.74 Å². The molecule has 0 saturated heterocycles. The number of ether oxygens (including phenoxy) is 1. The Hall–Kier alpha value is -3.66. The van der Waals surface area contributed by atoms with Gasteiger partial charge in [0.25, 0.3) is 5.69 Å². The Labute approximate surface area is 167 Å². The first kappa shape index (κ1) is 18.7.